The van der Waals surface area contributed by atoms with Crippen LogP contribution in [0.2, 0.25) is 0 Å². The molecule has 0 unspecified atom stereocenters. The highest BCUT2D eigenvalue weighted by Crippen LogP contribution is 2.15. The molecule has 27 heavy (non-hydrogen) atoms. The van der Waals surface area contributed by atoms with Crippen molar-refractivity contribution in [3.05, 3.63) is 59.7 Å². The van der Waals surface area contributed by atoms with E-state index in [9.17, 15) is 9.59 Å². The van der Waals surface area contributed by atoms with E-state index in [1.165, 1.54) is 0 Å². The van der Waals surface area contributed by atoms with Gasteiger partial charge in [0.2, 0.25) is 0 Å². The number of ether oxygens (including phenoxy) is 2. The number of hydrogen-bond donors (Lipinski definition) is 1. The lowest BCUT2D eigenvalue weighted by Gasteiger charge is -2.26. The van der Waals surface area contributed by atoms with Crippen LogP contribution >= 0.6 is 0 Å². The number of carbonyl (C=O) groups excluding carboxylic acids is 2. The summed E-state index contributed by atoms with van der Waals surface area (Å²) in [5.74, 6) is 0.412. The van der Waals surface area contributed by atoms with Crippen molar-refractivity contribution in [2.24, 2.45) is 0 Å². The monoisotopic (exact) mass is 368 g/mol. The zero-order valence-corrected chi connectivity index (χ0v) is 15.4. The number of morpholine rings is 1. The van der Waals surface area contributed by atoms with E-state index in [-0.39, 0.29) is 18.4 Å². The Balaban J connectivity index is 1.51. The minimum absolute atomic E-state index is 0.0182. The van der Waals surface area contributed by atoms with Gasteiger partial charge in [-0.3, -0.25) is 9.59 Å². The van der Waals surface area contributed by atoms with Gasteiger partial charge in [0, 0.05) is 24.3 Å². The van der Waals surface area contributed by atoms with E-state index in [1.807, 2.05) is 24.3 Å². The largest absolute Gasteiger partial charge is 0.484 e. The third kappa shape index (κ3) is 5.31. The molecule has 1 heterocycles. The molecule has 2 aromatic carbocycles. The first-order valence-corrected chi connectivity index (χ1v) is 9.14. The molecule has 0 aromatic heterocycles. The summed E-state index contributed by atoms with van der Waals surface area (Å²) in [6.07, 6.45) is 0.916. The molecule has 6 heteroatoms. The zero-order valence-electron chi connectivity index (χ0n) is 15.4. The summed E-state index contributed by atoms with van der Waals surface area (Å²) in [5.41, 5.74) is 2.39. The average molecular weight is 368 g/mol. The Hall–Kier alpha value is -2.86. The van der Waals surface area contributed by atoms with Crippen LogP contribution in [-0.2, 0) is 16.0 Å². The van der Waals surface area contributed by atoms with Crippen molar-refractivity contribution < 1.29 is 19.1 Å². The molecule has 0 radical (unpaired) electrons. The first-order chi connectivity index (χ1) is 13.2. The van der Waals surface area contributed by atoms with E-state index >= 15 is 0 Å². The molecule has 0 spiro atoms. The van der Waals surface area contributed by atoms with Gasteiger partial charge in [-0.05, 0) is 48.4 Å². The van der Waals surface area contributed by atoms with Gasteiger partial charge in [-0.15, -0.1) is 0 Å². The van der Waals surface area contributed by atoms with Gasteiger partial charge in [0.15, 0.2) is 6.61 Å². The van der Waals surface area contributed by atoms with Crippen LogP contribution in [0.5, 0.6) is 5.75 Å². The predicted octanol–water partition coefficient (Wildman–Crippen LogP) is 2.74. The van der Waals surface area contributed by atoms with Crippen molar-refractivity contribution >= 4 is 17.5 Å². The Morgan fingerprint density at radius 3 is 2.56 bits per heavy atom. The summed E-state index contributed by atoms with van der Waals surface area (Å²) in [6.45, 7) is 4.35. The standard InChI is InChI=1S/C21H24N2O4/c1-2-16-4-3-5-19(14-16)27-15-20(24)22-18-8-6-17(7-9-18)21(25)23-10-12-26-13-11-23/h3-9,14H,2,10-13,15H2,1H3,(H,22,24). The SMILES string of the molecule is CCc1cccc(OCC(=O)Nc2ccc(C(=O)N3CCOCC3)cc2)c1. The zero-order chi connectivity index (χ0) is 19.1. The van der Waals surface area contributed by atoms with Crippen LogP contribution < -0.4 is 10.1 Å². The molecule has 0 atom stereocenters. The van der Waals surface area contributed by atoms with Gasteiger partial charge in [0.05, 0.1) is 13.2 Å². The number of amides is 2. The van der Waals surface area contributed by atoms with E-state index in [0.29, 0.717) is 43.3 Å². The number of rotatable bonds is 6. The van der Waals surface area contributed by atoms with E-state index in [0.717, 1.165) is 12.0 Å². The number of nitrogens with zero attached hydrogens (tertiary/aromatic N) is 1. The number of anilines is 1. The second kappa shape index (κ2) is 9.19. The summed E-state index contributed by atoms with van der Waals surface area (Å²) in [5, 5.41) is 2.78. The number of hydrogen-bond acceptors (Lipinski definition) is 4. The summed E-state index contributed by atoms with van der Waals surface area (Å²) >= 11 is 0. The van der Waals surface area contributed by atoms with Gasteiger partial charge in [0.25, 0.3) is 11.8 Å². The Bertz CT molecular complexity index is 783. The van der Waals surface area contributed by atoms with E-state index < -0.39 is 0 Å². The molecule has 2 amide bonds. The third-order valence-electron chi connectivity index (χ3n) is 4.39. The molecular formula is C21H24N2O4. The van der Waals surface area contributed by atoms with E-state index in [4.69, 9.17) is 9.47 Å². The maximum absolute atomic E-state index is 12.4. The topological polar surface area (TPSA) is 67.9 Å². The van der Waals surface area contributed by atoms with E-state index in [2.05, 4.69) is 12.2 Å². The normalized spacial score (nSPS) is 13.9. The van der Waals surface area contributed by atoms with Gasteiger partial charge in [-0.2, -0.15) is 0 Å². The molecule has 1 fully saturated rings. The first kappa shape index (κ1) is 18.9. The molecule has 0 aliphatic carbocycles. The lowest BCUT2D eigenvalue weighted by molar-refractivity contribution is -0.118. The lowest BCUT2D eigenvalue weighted by Crippen LogP contribution is -2.40. The third-order valence-corrected chi connectivity index (χ3v) is 4.39. The predicted molar refractivity (Wildman–Crippen MR) is 103 cm³/mol. The summed E-state index contributed by atoms with van der Waals surface area (Å²) in [6, 6.07) is 14.6. The molecule has 6 nitrogen and oxygen atoms in total. The first-order valence-electron chi connectivity index (χ1n) is 9.14. The second-order valence-electron chi connectivity index (χ2n) is 6.32. The van der Waals surface area contributed by atoms with Crippen molar-refractivity contribution in [2.45, 2.75) is 13.3 Å². The van der Waals surface area contributed by atoms with E-state index in [1.54, 1.807) is 29.2 Å². The molecule has 1 aliphatic rings. The van der Waals surface area contributed by atoms with Crippen molar-refractivity contribution in [1.29, 1.82) is 0 Å². The van der Waals surface area contributed by atoms with Crippen molar-refractivity contribution in [3.8, 4) is 5.75 Å². The van der Waals surface area contributed by atoms with Crippen LogP contribution in [-0.4, -0.2) is 49.6 Å². The van der Waals surface area contributed by atoms with Crippen LogP contribution in [0.4, 0.5) is 5.69 Å². The van der Waals surface area contributed by atoms with Gasteiger partial charge < -0.3 is 19.7 Å². The van der Waals surface area contributed by atoms with Gasteiger partial charge in [0.1, 0.15) is 5.75 Å². The van der Waals surface area contributed by atoms with Crippen LogP contribution in [0, 0.1) is 0 Å². The fraction of sp³-hybridized carbons (Fsp3) is 0.333. The van der Waals surface area contributed by atoms with Crippen molar-refractivity contribution in [2.75, 3.05) is 38.2 Å². The molecule has 0 bridgehead atoms. The quantitative estimate of drug-likeness (QED) is 0.851. The van der Waals surface area contributed by atoms with Crippen LogP contribution in [0.15, 0.2) is 48.5 Å². The van der Waals surface area contributed by atoms with Crippen molar-refractivity contribution in [3.63, 3.8) is 0 Å². The fourth-order valence-corrected chi connectivity index (χ4v) is 2.85. The maximum Gasteiger partial charge on any atom is 0.262 e. The highest BCUT2D eigenvalue weighted by molar-refractivity contribution is 5.96. The highest BCUT2D eigenvalue weighted by atomic mass is 16.5. The second-order valence-corrected chi connectivity index (χ2v) is 6.32. The smallest absolute Gasteiger partial charge is 0.262 e. The molecule has 1 saturated heterocycles. The summed E-state index contributed by atoms with van der Waals surface area (Å²) < 4.78 is 10.8. The molecule has 2 aromatic rings. The van der Waals surface area contributed by atoms with Crippen LogP contribution in [0.25, 0.3) is 0 Å². The number of carbonyl (C=O) groups is 2. The Kier molecular flexibility index (Phi) is 6.44. The lowest BCUT2D eigenvalue weighted by atomic mass is 10.1. The fourth-order valence-electron chi connectivity index (χ4n) is 2.85. The van der Waals surface area contributed by atoms with Crippen LogP contribution in [0.3, 0.4) is 0 Å². The van der Waals surface area contributed by atoms with Gasteiger partial charge >= 0.3 is 0 Å². The molecule has 142 valence electrons. The number of benzene rings is 2. The minimum Gasteiger partial charge on any atom is -0.484 e. The Morgan fingerprint density at radius 2 is 1.85 bits per heavy atom. The number of aryl methyl sites for hydroxylation is 1. The molecule has 1 N–H and O–H groups in total. The maximum atomic E-state index is 12.4. The Morgan fingerprint density at radius 1 is 1.11 bits per heavy atom. The average Bonchev–Trinajstić information content (AvgIpc) is 2.73. The highest BCUT2D eigenvalue weighted by Gasteiger charge is 2.18. The molecule has 0 saturated carbocycles. The van der Waals surface area contributed by atoms with Gasteiger partial charge in [-0.1, -0.05) is 19.1 Å². The molecule has 3 rings (SSSR count). The minimum atomic E-state index is -0.246. The number of nitrogens with one attached hydrogen (secondary N) is 1. The molecular weight excluding hydrogens is 344 g/mol. The Labute approximate surface area is 159 Å². The summed E-state index contributed by atoms with van der Waals surface area (Å²) in [7, 11) is 0. The van der Waals surface area contributed by atoms with Crippen LogP contribution in [0.1, 0.15) is 22.8 Å². The summed E-state index contributed by atoms with van der Waals surface area (Å²) in [4.78, 5) is 26.3. The van der Waals surface area contributed by atoms with Gasteiger partial charge in [-0.25, -0.2) is 0 Å². The molecule has 1 aliphatic heterocycles. The van der Waals surface area contributed by atoms with Crippen molar-refractivity contribution in [1.82, 2.24) is 4.90 Å².